The third-order valence-electron chi connectivity index (χ3n) is 4.18. The molecule has 2 N–H and O–H groups in total. The molecular formula is C22H21F3N2O5. The molecule has 0 aliphatic carbocycles. The van der Waals surface area contributed by atoms with Crippen LogP contribution in [0.3, 0.4) is 0 Å². The van der Waals surface area contributed by atoms with Gasteiger partial charge in [0.05, 0.1) is 5.56 Å². The number of amides is 2. The van der Waals surface area contributed by atoms with Crippen LogP contribution in [0.5, 0.6) is 0 Å². The van der Waals surface area contributed by atoms with Crippen LogP contribution < -0.4 is 10.6 Å². The normalized spacial score (nSPS) is 10.9. The van der Waals surface area contributed by atoms with Crippen molar-refractivity contribution in [2.45, 2.75) is 32.4 Å². The summed E-state index contributed by atoms with van der Waals surface area (Å²) in [5.74, 6) is -2.02. The SMILES string of the molecule is CC(=O)c1cccc(NC(=O)COC(=O)CCCC(=O)Nc2cccc(C(F)(F)F)c2)c1. The number of ether oxygens (including phenoxy) is 1. The van der Waals surface area contributed by atoms with Crippen LogP contribution in [0, 0.1) is 0 Å². The van der Waals surface area contributed by atoms with Gasteiger partial charge in [-0.15, -0.1) is 0 Å². The van der Waals surface area contributed by atoms with Crippen molar-refractivity contribution < 1.29 is 37.1 Å². The molecule has 7 nitrogen and oxygen atoms in total. The predicted octanol–water partition coefficient (Wildman–Crippen LogP) is 4.20. The number of Topliss-reactive ketones (excluding diaryl/α,β-unsaturated/α-hetero) is 1. The lowest BCUT2D eigenvalue weighted by atomic mass is 10.1. The number of carbonyl (C=O) groups excluding carboxylic acids is 4. The lowest BCUT2D eigenvalue weighted by molar-refractivity contribution is -0.147. The van der Waals surface area contributed by atoms with E-state index in [1.165, 1.54) is 25.1 Å². The van der Waals surface area contributed by atoms with Gasteiger partial charge in [0, 0.05) is 29.8 Å². The summed E-state index contributed by atoms with van der Waals surface area (Å²) >= 11 is 0. The molecule has 0 saturated heterocycles. The number of rotatable bonds is 9. The molecule has 0 atom stereocenters. The third-order valence-corrected chi connectivity index (χ3v) is 4.18. The first kappa shape index (κ1) is 24.6. The maximum atomic E-state index is 12.7. The van der Waals surface area contributed by atoms with Crippen molar-refractivity contribution in [3.63, 3.8) is 0 Å². The molecule has 0 radical (unpaired) electrons. The smallest absolute Gasteiger partial charge is 0.416 e. The fraction of sp³-hybridized carbons (Fsp3) is 0.273. The Kier molecular flexibility index (Phi) is 8.51. The van der Waals surface area contributed by atoms with E-state index in [0.717, 1.165) is 12.1 Å². The summed E-state index contributed by atoms with van der Waals surface area (Å²) in [4.78, 5) is 46.8. The van der Waals surface area contributed by atoms with Gasteiger partial charge in [-0.3, -0.25) is 19.2 Å². The highest BCUT2D eigenvalue weighted by molar-refractivity contribution is 5.97. The summed E-state index contributed by atoms with van der Waals surface area (Å²) in [5.41, 5.74) is -0.0868. The van der Waals surface area contributed by atoms with Gasteiger partial charge in [0.2, 0.25) is 5.91 Å². The van der Waals surface area contributed by atoms with Crippen LogP contribution in [0.4, 0.5) is 24.5 Å². The monoisotopic (exact) mass is 450 g/mol. The van der Waals surface area contributed by atoms with Crippen LogP contribution in [0.1, 0.15) is 42.1 Å². The Morgan fingerprint density at radius 3 is 2.16 bits per heavy atom. The van der Waals surface area contributed by atoms with Gasteiger partial charge >= 0.3 is 12.1 Å². The summed E-state index contributed by atoms with van der Waals surface area (Å²) in [6.45, 7) is 0.849. The lowest BCUT2D eigenvalue weighted by Crippen LogP contribution is -2.21. The number of hydrogen-bond acceptors (Lipinski definition) is 5. The maximum absolute atomic E-state index is 12.7. The Morgan fingerprint density at radius 1 is 0.875 bits per heavy atom. The Labute approximate surface area is 181 Å². The number of nitrogens with one attached hydrogen (secondary N) is 2. The van der Waals surface area contributed by atoms with E-state index < -0.39 is 36.1 Å². The highest BCUT2D eigenvalue weighted by Crippen LogP contribution is 2.30. The second-order valence-corrected chi connectivity index (χ2v) is 6.83. The van der Waals surface area contributed by atoms with Gasteiger partial charge in [0.25, 0.3) is 5.91 Å². The zero-order valence-corrected chi connectivity index (χ0v) is 17.1. The van der Waals surface area contributed by atoms with E-state index in [1.807, 2.05) is 0 Å². The zero-order valence-electron chi connectivity index (χ0n) is 17.1. The van der Waals surface area contributed by atoms with Crippen molar-refractivity contribution in [2.24, 2.45) is 0 Å². The van der Waals surface area contributed by atoms with Gasteiger partial charge in [-0.25, -0.2) is 0 Å². The molecule has 0 aliphatic rings. The molecule has 2 amide bonds. The van der Waals surface area contributed by atoms with E-state index in [9.17, 15) is 32.3 Å². The van der Waals surface area contributed by atoms with Gasteiger partial charge in [-0.1, -0.05) is 18.2 Å². The van der Waals surface area contributed by atoms with E-state index in [4.69, 9.17) is 4.74 Å². The topological polar surface area (TPSA) is 102 Å². The van der Waals surface area contributed by atoms with Gasteiger partial charge in [0.1, 0.15) is 0 Å². The second-order valence-electron chi connectivity index (χ2n) is 6.83. The Balaban J connectivity index is 1.70. The van der Waals surface area contributed by atoms with Crippen LogP contribution in [0.2, 0.25) is 0 Å². The molecule has 0 heterocycles. The van der Waals surface area contributed by atoms with Crippen LogP contribution in [-0.4, -0.2) is 30.2 Å². The molecule has 2 aromatic rings. The molecule has 0 aromatic heterocycles. The number of alkyl halides is 3. The maximum Gasteiger partial charge on any atom is 0.416 e. The highest BCUT2D eigenvalue weighted by Gasteiger charge is 2.30. The number of anilines is 2. The Bertz CT molecular complexity index is 1010. The summed E-state index contributed by atoms with van der Waals surface area (Å²) < 4.78 is 42.9. The van der Waals surface area contributed by atoms with Gasteiger partial charge < -0.3 is 15.4 Å². The number of esters is 1. The first-order chi connectivity index (χ1) is 15.0. The van der Waals surface area contributed by atoms with Crippen molar-refractivity contribution >= 4 is 34.9 Å². The quantitative estimate of drug-likeness (QED) is 0.441. The van der Waals surface area contributed by atoms with Crippen LogP contribution in [0.25, 0.3) is 0 Å². The van der Waals surface area contributed by atoms with Crippen molar-refractivity contribution in [1.82, 2.24) is 0 Å². The average Bonchev–Trinajstić information content (AvgIpc) is 2.72. The molecule has 0 saturated carbocycles. The standard InChI is InChI=1S/C22H21F3N2O5/c1-14(28)15-5-2-7-17(11-15)27-20(30)13-32-21(31)10-4-9-19(29)26-18-8-3-6-16(12-18)22(23,24)25/h2-3,5-8,11-12H,4,9-10,13H2,1H3,(H,26,29)(H,27,30). The third kappa shape index (κ3) is 8.21. The first-order valence-electron chi connectivity index (χ1n) is 9.58. The highest BCUT2D eigenvalue weighted by atomic mass is 19.4. The lowest BCUT2D eigenvalue weighted by Gasteiger charge is -2.10. The summed E-state index contributed by atoms with van der Waals surface area (Å²) in [6.07, 6.45) is -4.70. The molecule has 2 rings (SSSR count). The minimum absolute atomic E-state index is 0.00193. The Hall–Kier alpha value is -3.69. The minimum Gasteiger partial charge on any atom is -0.456 e. The van der Waals surface area contributed by atoms with Crippen molar-refractivity contribution in [1.29, 1.82) is 0 Å². The molecule has 2 aromatic carbocycles. The van der Waals surface area contributed by atoms with Crippen molar-refractivity contribution in [2.75, 3.05) is 17.2 Å². The molecule has 32 heavy (non-hydrogen) atoms. The number of halogens is 3. The van der Waals surface area contributed by atoms with Crippen LogP contribution >= 0.6 is 0 Å². The van der Waals surface area contributed by atoms with E-state index >= 15 is 0 Å². The minimum atomic E-state index is -4.52. The molecule has 0 spiro atoms. The van der Waals surface area contributed by atoms with E-state index in [2.05, 4.69) is 10.6 Å². The first-order valence-corrected chi connectivity index (χ1v) is 9.58. The fourth-order valence-electron chi connectivity index (χ4n) is 2.62. The molecule has 0 aliphatic heterocycles. The number of ketones is 1. The molecular weight excluding hydrogens is 429 g/mol. The van der Waals surface area contributed by atoms with Gasteiger partial charge in [0.15, 0.2) is 12.4 Å². The van der Waals surface area contributed by atoms with E-state index in [-0.39, 0.29) is 30.7 Å². The summed E-state index contributed by atoms with van der Waals surface area (Å²) in [7, 11) is 0. The van der Waals surface area contributed by atoms with Crippen molar-refractivity contribution in [3.8, 4) is 0 Å². The van der Waals surface area contributed by atoms with Crippen LogP contribution in [0.15, 0.2) is 48.5 Å². The predicted molar refractivity (Wildman–Crippen MR) is 110 cm³/mol. The van der Waals surface area contributed by atoms with Crippen molar-refractivity contribution in [3.05, 3.63) is 59.7 Å². The summed E-state index contributed by atoms with van der Waals surface area (Å²) in [6, 6.07) is 10.5. The summed E-state index contributed by atoms with van der Waals surface area (Å²) in [5, 5.41) is 4.84. The molecule has 170 valence electrons. The fourth-order valence-corrected chi connectivity index (χ4v) is 2.62. The Morgan fingerprint density at radius 2 is 1.50 bits per heavy atom. The zero-order chi connectivity index (χ0) is 23.7. The second kappa shape index (κ2) is 11.1. The average molecular weight is 450 g/mol. The van der Waals surface area contributed by atoms with E-state index in [0.29, 0.717) is 11.3 Å². The van der Waals surface area contributed by atoms with Gasteiger partial charge in [-0.05, 0) is 43.7 Å². The largest absolute Gasteiger partial charge is 0.456 e. The van der Waals surface area contributed by atoms with Gasteiger partial charge in [-0.2, -0.15) is 13.2 Å². The number of carbonyl (C=O) groups is 4. The van der Waals surface area contributed by atoms with E-state index in [1.54, 1.807) is 18.2 Å². The molecule has 0 unspecified atom stereocenters. The van der Waals surface area contributed by atoms with Crippen LogP contribution in [-0.2, 0) is 25.3 Å². The number of benzene rings is 2. The molecule has 0 bridgehead atoms. The molecule has 0 fully saturated rings. The molecule has 10 heteroatoms. The number of hydrogen-bond donors (Lipinski definition) is 2.